The summed E-state index contributed by atoms with van der Waals surface area (Å²) in [4.78, 5) is 15.6. The first kappa shape index (κ1) is 20.9. The van der Waals surface area contributed by atoms with Crippen LogP contribution in [0.1, 0.15) is 37.1 Å². The third-order valence-corrected chi connectivity index (χ3v) is 5.91. The summed E-state index contributed by atoms with van der Waals surface area (Å²) < 4.78 is 1.86. The molecule has 0 saturated carbocycles. The number of aryl methyl sites for hydroxylation is 1. The maximum Gasteiger partial charge on any atom is 0.199 e. The molecular weight excluding hydrogens is 388 g/mol. The molecule has 2 aromatic rings. The van der Waals surface area contributed by atoms with Gasteiger partial charge in [0.15, 0.2) is 11.8 Å². The van der Waals surface area contributed by atoms with E-state index in [1.165, 1.54) is 0 Å². The Morgan fingerprint density at radius 1 is 1.26 bits per heavy atom. The number of imidazole rings is 1. The minimum atomic E-state index is -0.0520. The van der Waals surface area contributed by atoms with E-state index in [-0.39, 0.29) is 12.1 Å². The number of piperidine rings is 1. The second kappa shape index (κ2) is 8.77. The van der Waals surface area contributed by atoms with Gasteiger partial charge < -0.3 is 26.3 Å². The molecule has 2 aliphatic rings. The fourth-order valence-electron chi connectivity index (χ4n) is 4.04. The molecular formula is C23H30N8. The summed E-state index contributed by atoms with van der Waals surface area (Å²) in [5.74, 6) is 1.62. The van der Waals surface area contributed by atoms with Crippen LogP contribution in [0.4, 0.5) is 11.5 Å². The van der Waals surface area contributed by atoms with Gasteiger partial charge in [-0.2, -0.15) is 0 Å². The third kappa shape index (κ3) is 4.39. The van der Waals surface area contributed by atoms with Crippen LogP contribution in [-0.4, -0.2) is 46.3 Å². The molecule has 0 radical (unpaired) electrons. The SMILES string of the molecule is C=Nc1c(/C=C(\C)C2=CN=C(N3CCC(N)CC3)NC2c2ccc(N)cc2)ncn1C. The van der Waals surface area contributed by atoms with Crippen molar-refractivity contribution in [2.45, 2.75) is 31.8 Å². The van der Waals surface area contributed by atoms with Gasteiger partial charge in [-0.15, -0.1) is 0 Å². The summed E-state index contributed by atoms with van der Waals surface area (Å²) in [6, 6.07) is 8.19. The van der Waals surface area contributed by atoms with E-state index < -0.39 is 0 Å². The number of nitrogens with zero attached hydrogens (tertiary/aromatic N) is 5. The first-order chi connectivity index (χ1) is 15.0. The summed E-state index contributed by atoms with van der Waals surface area (Å²) in [6.07, 6.45) is 7.67. The number of guanidine groups is 1. The average molecular weight is 419 g/mol. The lowest BCUT2D eigenvalue weighted by Crippen LogP contribution is -2.50. The van der Waals surface area contributed by atoms with Gasteiger partial charge in [-0.05, 0) is 55.8 Å². The van der Waals surface area contributed by atoms with Crippen molar-refractivity contribution < 1.29 is 0 Å². The monoisotopic (exact) mass is 418 g/mol. The van der Waals surface area contributed by atoms with Crippen molar-refractivity contribution in [1.29, 1.82) is 0 Å². The summed E-state index contributed by atoms with van der Waals surface area (Å²) in [5, 5.41) is 3.65. The fourth-order valence-corrected chi connectivity index (χ4v) is 4.04. The van der Waals surface area contributed by atoms with E-state index in [1.54, 1.807) is 6.33 Å². The highest BCUT2D eigenvalue weighted by molar-refractivity contribution is 5.83. The molecule has 1 aromatic heterocycles. The molecule has 0 amide bonds. The normalized spacial score (nSPS) is 20.2. The zero-order valence-corrected chi connectivity index (χ0v) is 18.1. The number of aromatic nitrogens is 2. The van der Waals surface area contributed by atoms with E-state index in [0.29, 0.717) is 0 Å². The summed E-state index contributed by atoms with van der Waals surface area (Å²) in [5.41, 5.74) is 16.8. The molecule has 1 aromatic carbocycles. The number of hydrogen-bond acceptors (Lipinski definition) is 7. The molecule has 5 N–H and O–H groups in total. The minimum Gasteiger partial charge on any atom is -0.399 e. The average Bonchev–Trinajstić information content (AvgIpc) is 3.13. The Kier molecular flexibility index (Phi) is 5.90. The predicted octanol–water partition coefficient (Wildman–Crippen LogP) is 2.75. The molecule has 8 nitrogen and oxygen atoms in total. The van der Waals surface area contributed by atoms with E-state index >= 15 is 0 Å². The third-order valence-electron chi connectivity index (χ3n) is 5.91. The van der Waals surface area contributed by atoms with E-state index in [0.717, 1.165) is 65.8 Å². The zero-order valence-electron chi connectivity index (χ0n) is 18.1. The number of nitrogen functional groups attached to an aromatic ring is 1. The molecule has 31 heavy (non-hydrogen) atoms. The molecule has 1 saturated heterocycles. The van der Waals surface area contributed by atoms with Crippen LogP contribution in [0.25, 0.3) is 6.08 Å². The van der Waals surface area contributed by atoms with Gasteiger partial charge in [0.25, 0.3) is 0 Å². The van der Waals surface area contributed by atoms with Crippen molar-refractivity contribution in [2.75, 3.05) is 18.8 Å². The van der Waals surface area contributed by atoms with E-state index in [2.05, 4.69) is 46.0 Å². The number of aliphatic imine (C=N–C) groups is 2. The smallest absolute Gasteiger partial charge is 0.199 e. The van der Waals surface area contributed by atoms with Gasteiger partial charge in [0.1, 0.15) is 5.69 Å². The van der Waals surface area contributed by atoms with Crippen LogP contribution >= 0.6 is 0 Å². The maximum absolute atomic E-state index is 6.08. The highest BCUT2D eigenvalue weighted by Crippen LogP contribution is 2.32. The van der Waals surface area contributed by atoms with Gasteiger partial charge in [-0.3, -0.25) is 0 Å². The first-order valence-electron chi connectivity index (χ1n) is 10.5. The van der Waals surface area contributed by atoms with Crippen molar-refractivity contribution in [3.05, 3.63) is 59.2 Å². The zero-order chi connectivity index (χ0) is 22.0. The quantitative estimate of drug-likeness (QED) is 0.522. The van der Waals surface area contributed by atoms with Crippen LogP contribution in [0.3, 0.4) is 0 Å². The highest BCUT2D eigenvalue weighted by atomic mass is 15.3. The van der Waals surface area contributed by atoms with Gasteiger partial charge in [-0.25, -0.2) is 15.0 Å². The minimum absolute atomic E-state index is 0.0520. The lowest BCUT2D eigenvalue weighted by Gasteiger charge is -2.37. The largest absolute Gasteiger partial charge is 0.399 e. The Morgan fingerprint density at radius 3 is 2.65 bits per heavy atom. The summed E-state index contributed by atoms with van der Waals surface area (Å²) in [6.45, 7) is 7.55. The van der Waals surface area contributed by atoms with Crippen LogP contribution in [-0.2, 0) is 7.05 Å². The Labute approximate surface area is 183 Å². The molecule has 4 rings (SSSR count). The Hall–Kier alpha value is -3.39. The summed E-state index contributed by atoms with van der Waals surface area (Å²) >= 11 is 0. The van der Waals surface area contributed by atoms with Crippen LogP contribution in [0.5, 0.6) is 0 Å². The molecule has 8 heteroatoms. The van der Waals surface area contributed by atoms with Gasteiger partial charge in [0, 0.05) is 43.6 Å². The fraction of sp³-hybridized carbons (Fsp3) is 0.348. The topological polar surface area (TPSA) is 110 Å². The number of benzene rings is 1. The Morgan fingerprint density at radius 2 is 1.97 bits per heavy atom. The molecule has 1 unspecified atom stereocenters. The lowest BCUT2D eigenvalue weighted by molar-refractivity contribution is 0.302. The van der Waals surface area contributed by atoms with Crippen molar-refractivity contribution in [3.63, 3.8) is 0 Å². The number of hydrogen-bond donors (Lipinski definition) is 3. The molecule has 1 atom stereocenters. The van der Waals surface area contributed by atoms with Crippen LogP contribution < -0.4 is 16.8 Å². The molecule has 1 fully saturated rings. The van der Waals surface area contributed by atoms with E-state index in [4.69, 9.17) is 16.5 Å². The second-order valence-electron chi connectivity index (χ2n) is 8.16. The van der Waals surface area contributed by atoms with Crippen molar-refractivity contribution in [2.24, 2.45) is 22.8 Å². The van der Waals surface area contributed by atoms with Gasteiger partial charge in [0.2, 0.25) is 0 Å². The number of rotatable bonds is 4. The Bertz CT molecular complexity index is 1040. The van der Waals surface area contributed by atoms with E-state index in [9.17, 15) is 0 Å². The van der Waals surface area contributed by atoms with Crippen LogP contribution in [0.2, 0.25) is 0 Å². The second-order valence-corrected chi connectivity index (χ2v) is 8.16. The molecule has 3 heterocycles. The molecule has 0 spiro atoms. The predicted molar refractivity (Wildman–Crippen MR) is 127 cm³/mol. The number of anilines is 1. The number of nitrogens with two attached hydrogens (primary N) is 2. The lowest BCUT2D eigenvalue weighted by atomic mass is 9.92. The molecule has 0 bridgehead atoms. The van der Waals surface area contributed by atoms with Gasteiger partial charge in [0.05, 0.1) is 12.4 Å². The molecule has 2 aliphatic heterocycles. The van der Waals surface area contributed by atoms with Crippen LogP contribution in [0.15, 0.2) is 57.9 Å². The number of likely N-dealkylation sites (tertiary alicyclic amines) is 1. The van der Waals surface area contributed by atoms with Crippen LogP contribution in [0, 0.1) is 0 Å². The molecule has 162 valence electrons. The standard InChI is InChI=1S/C23H30N8/c1-15(12-20-22(26-2)30(3)14-28-20)19-13-27-23(31-10-8-18(25)9-11-31)29-21(19)16-4-6-17(24)7-5-16/h4-7,12-14,18,21H,2,8-11,24-25H2,1,3H3,(H,27,29)/b15-12+. The van der Waals surface area contributed by atoms with Gasteiger partial charge >= 0.3 is 0 Å². The first-order valence-corrected chi connectivity index (χ1v) is 10.5. The number of nitrogens with one attached hydrogen (secondary N) is 1. The highest BCUT2D eigenvalue weighted by Gasteiger charge is 2.27. The van der Waals surface area contributed by atoms with E-state index in [1.807, 2.05) is 36.0 Å². The van der Waals surface area contributed by atoms with Crippen molar-refractivity contribution in [3.8, 4) is 0 Å². The Balaban J connectivity index is 1.69. The summed E-state index contributed by atoms with van der Waals surface area (Å²) in [7, 11) is 1.91. The van der Waals surface area contributed by atoms with Crippen molar-refractivity contribution in [1.82, 2.24) is 19.8 Å². The molecule has 0 aliphatic carbocycles. The maximum atomic E-state index is 6.08. The van der Waals surface area contributed by atoms with Gasteiger partial charge in [-0.1, -0.05) is 12.1 Å². The van der Waals surface area contributed by atoms with Crippen molar-refractivity contribution >= 4 is 30.3 Å².